The summed E-state index contributed by atoms with van der Waals surface area (Å²) in [5.41, 5.74) is 2.88. The number of nitrogens with zero attached hydrogens (tertiary/aromatic N) is 2. The molecule has 0 spiro atoms. The zero-order valence-electron chi connectivity index (χ0n) is 14.9. The van der Waals surface area contributed by atoms with Gasteiger partial charge in [-0.3, -0.25) is 9.88 Å². The van der Waals surface area contributed by atoms with E-state index < -0.39 is 0 Å². The van der Waals surface area contributed by atoms with Crippen LogP contribution in [0.25, 0.3) is 10.9 Å². The van der Waals surface area contributed by atoms with Crippen molar-refractivity contribution in [3.8, 4) is 0 Å². The van der Waals surface area contributed by atoms with Gasteiger partial charge >= 0.3 is 0 Å². The first-order valence-corrected chi connectivity index (χ1v) is 9.17. The van der Waals surface area contributed by atoms with Crippen molar-refractivity contribution in [2.45, 2.75) is 64.3 Å². The molecule has 1 aromatic carbocycles. The predicted molar refractivity (Wildman–Crippen MR) is 98.9 cm³/mol. The van der Waals surface area contributed by atoms with Crippen LogP contribution in [0.1, 0.15) is 64.4 Å². The van der Waals surface area contributed by atoms with E-state index in [0.29, 0.717) is 11.5 Å². The van der Waals surface area contributed by atoms with E-state index in [2.05, 4.69) is 61.0 Å². The molecule has 124 valence electrons. The Bertz CT molecular complexity index is 636. The Morgan fingerprint density at radius 1 is 1.09 bits per heavy atom. The molecule has 1 atom stereocenters. The summed E-state index contributed by atoms with van der Waals surface area (Å²) < 4.78 is 0. The third-order valence-electron chi connectivity index (χ3n) is 5.61. The van der Waals surface area contributed by atoms with Gasteiger partial charge in [-0.1, -0.05) is 31.5 Å². The molecule has 1 unspecified atom stereocenters. The SMILES string of the molecule is CC(CCC(C)(C)N1CCCCC1)c1cccc2ncccc12. The van der Waals surface area contributed by atoms with E-state index in [0.717, 1.165) is 5.52 Å². The van der Waals surface area contributed by atoms with Crippen molar-refractivity contribution in [3.05, 3.63) is 42.1 Å². The van der Waals surface area contributed by atoms with Gasteiger partial charge in [0.05, 0.1) is 5.52 Å². The van der Waals surface area contributed by atoms with Crippen molar-refractivity contribution < 1.29 is 0 Å². The van der Waals surface area contributed by atoms with Gasteiger partial charge in [-0.2, -0.15) is 0 Å². The number of pyridine rings is 1. The van der Waals surface area contributed by atoms with Gasteiger partial charge in [0, 0.05) is 17.1 Å². The van der Waals surface area contributed by atoms with Crippen LogP contribution >= 0.6 is 0 Å². The lowest BCUT2D eigenvalue weighted by Crippen LogP contribution is -2.46. The van der Waals surface area contributed by atoms with E-state index in [4.69, 9.17) is 0 Å². The van der Waals surface area contributed by atoms with Gasteiger partial charge in [-0.05, 0) is 76.2 Å². The highest BCUT2D eigenvalue weighted by molar-refractivity contribution is 5.82. The molecule has 2 aromatic rings. The summed E-state index contributed by atoms with van der Waals surface area (Å²) in [7, 11) is 0. The van der Waals surface area contributed by atoms with E-state index in [9.17, 15) is 0 Å². The molecule has 2 heterocycles. The zero-order chi connectivity index (χ0) is 16.3. The molecule has 1 saturated heterocycles. The van der Waals surface area contributed by atoms with Gasteiger partial charge < -0.3 is 0 Å². The first-order chi connectivity index (χ1) is 11.1. The van der Waals surface area contributed by atoms with Crippen LogP contribution in [0, 0.1) is 0 Å². The van der Waals surface area contributed by atoms with Crippen LogP contribution in [0.4, 0.5) is 0 Å². The lowest BCUT2D eigenvalue weighted by molar-refractivity contribution is 0.0848. The highest BCUT2D eigenvalue weighted by atomic mass is 15.2. The molecular formula is C21H30N2. The van der Waals surface area contributed by atoms with Crippen molar-refractivity contribution >= 4 is 10.9 Å². The molecule has 0 N–H and O–H groups in total. The number of aromatic nitrogens is 1. The van der Waals surface area contributed by atoms with Crippen molar-refractivity contribution in [1.29, 1.82) is 0 Å². The molecule has 2 heteroatoms. The fourth-order valence-electron chi connectivity index (χ4n) is 3.94. The lowest BCUT2D eigenvalue weighted by atomic mass is 9.86. The third-order valence-corrected chi connectivity index (χ3v) is 5.61. The standard InChI is InChI=1S/C21H30N2/c1-17(12-13-21(2,3)23-15-5-4-6-16-23)18-9-7-11-20-19(18)10-8-14-22-20/h7-11,14,17H,4-6,12-13,15-16H2,1-3H3. The van der Waals surface area contributed by atoms with Gasteiger partial charge in [0.15, 0.2) is 0 Å². The minimum absolute atomic E-state index is 0.317. The molecule has 0 bridgehead atoms. The number of hydrogen-bond donors (Lipinski definition) is 0. The van der Waals surface area contributed by atoms with Crippen LogP contribution < -0.4 is 0 Å². The summed E-state index contributed by atoms with van der Waals surface area (Å²) in [6.07, 6.45) is 8.52. The normalized spacial score (nSPS) is 18.2. The van der Waals surface area contributed by atoms with Crippen LogP contribution in [-0.2, 0) is 0 Å². The molecule has 0 radical (unpaired) electrons. The number of rotatable bonds is 5. The maximum absolute atomic E-state index is 4.50. The molecule has 1 fully saturated rings. The Labute approximate surface area is 140 Å². The van der Waals surface area contributed by atoms with E-state index in [-0.39, 0.29) is 0 Å². The van der Waals surface area contributed by atoms with E-state index in [1.54, 1.807) is 0 Å². The Morgan fingerprint density at radius 2 is 1.87 bits per heavy atom. The highest BCUT2D eigenvalue weighted by Crippen LogP contribution is 2.32. The number of fused-ring (bicyclic) bond motifs is 1. The fraction of sp³-hybridized carbons (Fsp3) is 0.571. The summed E-state index contributed by atoms with van der Waals surface area (Å²) in [6, 6.07) is 10.8. The highest BCUT2D eigenvalue weighted by Gasteiger charge is 2.28. The number of likely N-dealkylation sites (tertiary alicyclic amines) is 1. The summed E-state index contributed by atoms with van der Waals surface area (Å²) in [5, 5.41) is 1.32. The molecule has 0 amide bonds. The predicted octanol–water partition coefficient (Wildman–Crippen LogP) is 5.38. The van der Waals surface area contributed by atoms with Crippen LogP contribution in [0.2, 0.25) is 0 Å². The molecule has 3 rings (SSSR count). The molecular weight excluding hydrogens is 280 g/mol. The fourth-order valence-corrected chi connectivity index (χ4v) is 3.94. The lowest BCUT2D eigenvalue weighted by Gasteiger charge is -2.41. The molecule has 0 saturated carbocycles. The largest absolute Gasteiger partial charge is 0.298 e. The maximum atomic E-state index is 4.50. The van der Waals surface area contributed by atoms with Gasteiger partial charge in [-0.25, -0.2) is 0 Å². The second-order valence-corrected chi connectivity index (χ2v) is 7.72. The van der Waals surface area contributed by atoms with Crippen LogP contribution in [0.5, 0.6) is 0 Å². The van der Waals surface area contributed by atoms with E-state index >= 15 is 0 Å². The molecule has 1 aliphatic heterocycles. The van der Waals surface area contributed by atoms with Crippen LogP contribution in [0.15, 0.2) is 36.5 Å². The van der Waals surface area contributed by atoms with Crippen molar-refractivity contribution in [1.82, 2.24) is 9.88 Å². The Hall–Kier alpha value is -1.41. The number of piperidine rings is 1. The van der Waals surface area contributed by atoms with Crippen LogP contribution in [-0.4, -0.2) is 28.5 Å². The molecule has 1 aromatic heterocycles. The number of hydrogen-bond acceptors (Lipinski definition) is 2. The second-order valence-electron chi connectivity index (χ2n) is 7.72. The Kier molecular flexibility index (Phi) is 5.01. The topological polar surface area (TPSA) is 16.1 Å². The minimum atomic E-state index is 0.317. The summed E-state index contributed by atoms with van der Waals surface area (Å²) in [4.78, 5) is 7.20. The average molecular weight is 310 g/mol. The Balaban J connectivity index is 1.69. The summed E-state index contributed by atoms with van der Waals surface area (Å²) in [6.45, 7) is 9.78. The quantitative estimate of drug-likeness (QED) is 0.736. The summed E-state index contributed by atoms with van der Waals surface area (Å²) >= 11 is 0. The molecule has 23 heavy (non-hydrogen) atoms. The Morgan fingerprint density at radius 3 is 2.65 bits per heavy atom. The minimum Gasteiger partial charge on any atom is -0.298 e. The first kappa shape index (κ1) is 16.4. The second kappa shape index (κ2) is 7.00. The van der Waals surface area contributed by atoms with Crippen LogP contribution in [0.3, 0.4) is 0 Å². The smallest absolute Gasteiger partial charge is 0.0704 e. The van der Waals surface area contributed by atoms with Gasteiger partial charge in [-0.15, -0.1) is 0 Å². The van der Waals surface area contributed by atoms with E-state index in [1.807, 2.05) is 6.20 Å². The van der Waals surface area contributed by atoms with Gasteiger partial charge in [0.1, 0.15) is 0 Å². The van der Waals surface area contributed by atoms with Gasteiger partial charge in [0.25, 0.3) is 0 Å². The molecule has 0 aliphatic carbocycles. The average Bonchev–Trinajstić information content (AvgIpc) is 2.60. The van der Waals surface area contributed by atoms with Crippen molar-refractivity contribution in [2.75, 3.05) is 13.1 Å². The maximum Gasteiger partial charge on any atom is 0.0704 e. The van der Waals surface area contributed by atoms with Crippen molar-refractivity contribution in [3.63, 3.8) is 0 Å². The number of benzene rings is 1. The monoisotopic (exact) mass is 310 g/mol. The summed E-state index contributed by atoms with van der Waals surface area (Å²) in [5.74, 6) is 0.576. The van der Waals surface area contributed by atoms with E-state index in [1.165, 1.54) is 56.1 Å². The van der Waals surface area contributed by atoms with Gasteiger partial charge in [0.2, 0.25) is 0 Å². The first-order valence-electron chi connectivity index (χ1n) is 9.17. The third kappa shape index (κ3) is 3.74. The molecule has 2 nitrogen and oxygen atoms in total. The molecule has 1 aliphatic rings. The zero-order valence-corrected chi connectivity index (χ0v) is 14.9. The van der Waals surface area contributed by atoms with Crippen molar-refractivity contribution in [2.24, 2.45) is 0 Å².